The normalized spacial score (nSPS) is 16.8. The molecule has 2 unspecified atom stereocenters. The predicted molar refractivity (Wildman–Crippen MR) is 192 cm³/mol. The molecule has 0 spiro atoms. The zero-order valence-electron chi connectivity index (χ0n) is 29.7. The minimum Gasteiger partial charge on any atom is -0.490 e. The van der Waals surface area contributed by atoms with Crippen LogP contribution in [0.15, 0.2) is 24.3 Å². The summed E-state index contributed by atoms with van der Waals surface area (Å²) in [5, 5.41) is 0. The maximum absolute atomic E-state index is 6.72. The predicted octanol–water partition coefficient (Wildman–Crippen LogP) is 13.1. The second-order valence-electron chi connectivity index (χ2n) is 14.3. The number of rotatable bonds is 24. The Morgan fingerprint density at radius 1 is 0.489 bits per heavy atom. The first-order valence-corrected chi connectivity index (χ1v) is 19.4. The SMILES string of the molecule is CCCCCCCCCCCCc1ccc(Oc2ccc(CCCCCCCCCCCC)c3c2CC(C)O3)c2c1OC(C)C2. The third-order valence-electron chi connectivity index (χ3n) is 10.0. The monoisotopic (exact) mass is 619 g/mol. The van der Waals surface area contributed by atoms with Crippen LogP contribution in [0.1, 0.15) is 178 Å². The topological polar surface area (TPSA) is 27.7 Å². The summed E-state index contributed by atoms with van der Waals surface area (Å²) in [7, 11) is 0. The highest BCUT2D eigenvalue weighted by Crippen LogP contribution is 2.45. The molecule has 0 N–H and O–H groups in total. The first kappa shape index (κ1) is 35.7. The lowest BCUT2D eigenvalue weighted by Gasteiger charge is -2.16. The van der Waals surface area contributed by atoms with E-state index < -0.39 is 0 Å². The van der Waals surface area contributed by atoms with E-state index in [0.717, 1.165) is 48.7 Å². The third-order valence-corrected chi connectivity index (χ3v) is 10.0. The summed E-state index contributed by atoms with van der Waals surface area (Å²) in [6.45, 7) is 8.95. The van der Waals surface area contributed by atoms with Crippen LogP contribution in [-0.2, 0) is 25.7 Å². The van der Waals surface area contributed by atoms with Gasteiger partial charge in [0, 0.05) is 24.0 Å². The molecule has 2 atom stereocenters. The molecule has 3 heteroatoms. The fourth-order valence-corrected chi connectivity index (χ4v) is 7.37. The number of benzene rings is 2. The fraction of sp³-hybridized carbons (Fsp3) is 0.714. The molecular formula is C42H66O3. The van der Waals surface area contributed by atoms with Crippen LogP contribution in [0.5, 0.6) is 23.0 Å². The number of unbranched alkanes of at least 4 members (excludes halogenated alkanes) is 18. The Bertz CT molecular complexity index is 1030. The number of aryl methyl sites for hydroxylation is 2. The van der Waals surface area contributed by atoms with Crippen LogP contribution < -0.4 is 14.2 Å². The lowest BCUT2D eigenvalue weighted by atomic mass is 9.99. The van der Waals surface area contributed by atoms with Gasteiger partial charge in [0.05, 0.1) is 0 Å². The van der Waals surface area contributed by atoms with Crippen LogP contribution in [0, 0.1) is 0 Å². The second kappa shape index (κ2) is 20.2. The molecule has 0 aliphatic carbocycles. The summed E-state index contributed by atoms with van der Waals surface area (Å²) in [5.74, 6) is 4.11. The van der Waals surface area contributed by atoms with Crippen LogP contribution >= 0.6 is 0 Å². The first-order chi connectivity index (χ1) is 22.1. The molecule has 45 heavy (non-hydrogen) atoms. The van der Waals surface area contributed by atoms with E-state index in [1.54, 1.807) is 0 Å². The highest BCUT2D eigenvalue weighted by molar-refractivity contribution is 5.57. The lowest BCUT2D eigenvalue weighted by Crippen LogP contribution is -2.06. The number of hydrogen-bond acceptors (Lipinski definition) is 3. The van der Waals surface area contributed by atoms with Crippen LogP contribution in [-0.4, -0.2) is 12.2 Å². The van der Waals surface area contributed by atoms with Gasteiger partial charge >= 0.3 is 0 Å². The Kier molecular flexibility index (Phi) is 16.0. The van der Waals surface area contributed by atoms with Crippen molar-refractivity contribution < 1.29 is 14.2 Å². The molecule has 2 aromatic rings. The van der Waals surface area contributed by atoms with Crippen molar-refractivity contribution in [3.05, 3.63) is 46.5 Å². The van der Waals surface area contributed by atoms with Crippen LogP contribution in [0.2, 0.25) is 0 Å². The summed E-state index contributed by atoms with van der Waals surface area (Å²) in [6, 6.07) is 8.93. The quantitative estimate of drug-likeness (QED) is 0.110. The maximum Gasteiger partial charge on any atom is 0.134 e. The summed E-state index contributed by atoms with van der Waals surface area (Å²) in [6.07, 6.45) is 31.8. The molecule has 3 nitrogen and oxygen atoms in total. The average molecular weight is 619 g/mol. The Morgan fingerprint density at radius 2 is 0.822 bits per heavy atom. The van der Waals surface area contributed by atoms with Crippen molar-refractivity contribution in [2.75, 3.05) is 0 Å². The largest absolute Gasteiger partial charge is 0.490 e. The van der Waals surface area contributed by atoms with Gasteiger partial charge in [0.2, 0.25) is 0 Å². The molecule has 0 aromatic heterocycles. The summed E-state index contributed by atoms with van der Waals surface area (Å²) < 4.78 is 19.5. The molecule has 0 saturated heterocycles. The van der Waals surface area contributed by atoms with Gasteiger partial charge in [-0.05, 0) is 62.8 Å². The Hall–Kier alpha value is -2.16. The van der Waals surface area contributed by atoms with Gasteiger partial charge < -0.3 is 14.2 Å². The zero-order chi connectivity index (χ0) is 31.7. The van der Waals surface area contributed by atoms with Gasteiger partial charge in [-0.1, -0.05) is 142 Å². The molecule has 4 rings (SSSR count). The van der Waals surface area contributed by atoms with Crippen molar-refractivity contribution in [1.82, 2.24) is 0 Å². The van der Waals surface area contributed by atoms with E-state index in [9.17, 15) is 0 Å². The second-order valence-corrected chi connectivity index (χ2v) is 14.3. The number of fused-ring (bicyclic) bond motifs is 2. The molecule has 2 aliphatic heterocycles. The molecule has 2 heterocycles. The average Bonchev–Trinajstić information content (AvgIpc) is 3.63. The third kappa shape index (κ3) is 11.5. The Balaban J connectivity index is 1.27. The van der Waals surface area contributed by atoms with Gasteiger partial charge in [-0.15, -0.1) is 0 Å². The van der Waals surface area contributed by atoms with E-state index in [0.29, 0.717) is 0 Å². The summed E-state index contributed by atoms with van der Waals surface area (Å²) in [5.41, 5.74) is 5.22. The minimum absolute atomic E-state index is 0.203. The minimum atomic E-state index is 0.203. The van der Waals surface area contributed by atoms with E-state index in [1.165, 1.54) is 151 Å². The molecule has 0 fully saturated rings. The molecule has 0 radical (unpaired) electrons. The van der Waals surface area contributed by atoms with Gasteiger partial charge in [0.1, 0.15) is 35.2 Å². The van der Waals surface area contributed by atoms with Crippen LogP contribution in [0.4, 0.5) is 0 Å². The van der Waals surface area contributed by atoms with Gasteiger partial charge in [0.15, 0.2) is 0 Å². The van der Waals surface area contributed by atoms with Crippen molar-refractivity contribution >= 4 is 0 Å². The van der Waals surface area contributed by atoms with E-state index in [-0.39, 0.29) is 12.2 Å². The number of hydrogen-bond donors (Lipinski definition) is 0. The van der Waals surface area contributed by atoms with Crippen molar-refractivity contribution in [3.8, 4) is 23.0 Å². The molecule has 2 aromatic carbocycles. The van der Waals surface area contributed by atoms with Crippen LogP contribution in [0.3, 0.4) is 0 Å². The first-order valence-electron chi connectivity index (χ1n) is 19.4. The summed E-state index contributed by atoms with van der Waals surface area (Å²) >= 11 is 0. The maximum atomic E-state index is 6.72. The van der Waals surface area contributed by atoms with E-state index >= 15 is 0 Å². The summed E-state index contributed by atoms with van der Waals surface area (Å²) in [4.78, 5) is 0. The van der Waals surface area contributed by atoms with Crippen molar-refractivity contribution in [3.63, 3.8) is 0 Å². The van der Waals surface area contributed by atoms with Crippen molar-refractivity contribution in [1.29, 1.82) is 0 Å². The van der Waals surface area contributed by atoms with E-state index in [1.807, 2.05) is 0 Å². The van der Waals surface area contributed by atoms with Crippen molar-refractivity contribution in [2.45, 2.75) is 194 Å². The Morgan fingerprint density at radius 3 is 1.18 bits per heavy atom. The molecular weight excluding hydrogens is 552 g/mol. The smallest absolute Gasteiger partial charge is 0.134 e. The van der Waals surface area contributed by atoms with Gasteiger partial charge in [-0.25, -0.2) is 0 Å². The Labute approximate surface area is 277 Å². The van der Waals surface area contributed by atoms with E-state index in [4.69, 9.17) is 14.2 Å². The highest BCUT2D eigenvalue weighted by atomic mass is 16.5. The van der Waals surface area contributed by atoms with Gasteiger partial charge in [0.25, 0.3) is 0 Å². The molecule has 252 valence electrons. The molecule has 0 saturated carbocycles. The van der Waals surface area contributed by atoms with Crippen LogP contribution in [0.25, 0.3) is 0 Å². The molecule has 0 amide bonds. The molecule has 2 aliphatic rings. The zero-order valence-corrected chi connectivity index (χ0v) is 29.7. The van der Waals surface area contributed by atoms with Gasteiger partial charge in [-0.2, -0.15) is 0 Å². The standard InChI is InChI=1S/C42H66O3/c1-5-7-9-11-13-15-17-19-21-23-25-35-27-29-39(37-31-33(3)43-41(35)37)45-40-30-28-36(42-38(40)32-34(4)44-42)26-24-22-20-18-16-14-12-10-8-6-2/h27-30,33-34H,5-26,31-32H2,1-4H3. The molecule has 0 bridgehead atoms. The van der Waals surface area contributed by atoms with Gasteiger partial charge in [-0.3, -0.25) is 0 Å². The van der Waals surface area contributed by atoms with E-state index in [2.05, 4.69) is 52.0 Å². The number of ether oxygens (including phenoxy) is 3. The lowest BCUT2D eigenvalue weighted by molar-refractivity contribution is 0.252. The fourth-order valence-electron chi connectivity index (χ4n) is 7.37. The highest BCUT2D eigenvalue weighted by Gasteiger charge is 2.29. The van der Waals surface area contributed by atoms with Crippen molar-refractivity contribution in [2.24, 2.45) is 0 Å².